The number of anilines is 1. The molecule has 20 heavy (non-hydrogen) atoms. The molecule has 1 N–H and O–H groups in total. The highest BCUT2D eigenvalue weighted by molar-refractivity contribution is 7.07. The number of halogens is 3. The Morgan fingerprint density at radius 3 is 2.70 bits per heavy atom. The van der Waals surface area contributed by atoms with Crippen LogP contribution in [0.4, 0.5) is 18.9 Å². The highest BCUT2D eigenvalue weighted by Crippen LogP contribution is 2.22. The number of hydrogen-bond acceptors (Lipinski definition) is 4. The van der Waals surface area contributed by atoms with E-state index < -0.39 is 12.8 Å². The molecule has 0 saturated heterocycles. The Morgan fingerprint density at radius 1 is 1.35 bits per heavy atom. The number of hydrogen-bond donors (Lipinski definition) is 1. The molecule has 7 heteroatoms. The van der Waals surface area contributed by atoms with Gasteiger partial charge < -0.3 is 10.1 Å². The lowest BCUT2D eigenvalue weighted by Gasteiger charge is -2.14. The van der Waals surface area contributed by atoms with Crippen molar-refractivity contribution in [3.05, 3.63) is 40.7 Å². The number of nitrogens with one attached hydrogen (secondary N) is 1. The van der Waals surface area contributed by atoms with Crippen LogP contribution < -0.4 is 10.1 Å². The quantitative estimate of drug-likeness (QED) is 0.896. The maximum absolute atomic E-state index is 12.0. The third-order valence-electron chi connectivity index (χ3n) is 2.55. The Kier molecular flexibility index (Phi) is 4.49. The predicted octanol–water partition coefficient (Wildman–Crippen LogP) is 4.26. The zero-order valence-corrected chi connectivity index (χ0v) is 11.5. The fourth-order valence-corrected chi connectivity index (χ4v) is 2.32. The van der Waals surface area contributed by atoms with E-state index in [1.54, 1.807) is 17.4 Å². The molecule has 1 atom stereocenters. The van der Waals surface area contributed by atoms with Crippen molar-refractivity contribution in [1.29, 1.82) is 0 Å². The standard InChI is InChI=1S/C13H13F3N2OS/c1-9(10-4-5-20-7-10)18-11-2-3-12(17-6-11)19-8-13(14,15)16/h2-7,9,18H,8H2,1H3. The van der Waals surface area contributed by atoms with Crippen molar-refractivity contribution in [2.24, 2.45) is 0 Å². The topological polar surface area (TPSA) is 34.1 Å². The minimum atomic E-state index is -4.36. The maximum Gasteiger partial charge on any atom is 0.422 e. The van der Waals surface area contributed by atoms with Crippen LogP contribution in [-0.4, -0.2) is 17.8 Å². The maximum atomic E-state index is 12.0. The summed E-state index contributed by atoms with van der Waals surface area (Å²) in [6, 6.07) is 5.16. The molecule has 0 aliphatic carbocycles. The molecular formula is C13H13F3N2OS. The van der Waals surface area contributed by atoms with Crippen LogP contribution in [0.2, 0.25) is 0 Å². The van der Waals surface area contributed by atoms with Gasteiger partial charge in [0.2, 0.25) is 5.88 Å². The molecule has 0 amide bonds. The first kappa shape index (κ1) is 14.6. The lowest BCUT2D eigenvalue weighted by atomic mass is 10.2. The molecule has 108 valence electrons. The molecular weight excluding hydrogens is 289 g/mol. The summed E-state index contributed by atoms with van der Waals surface area (Å²) < 4.78 is 40.5. The van der Waals surface area contributed by atoms with E-state index in [1.807, 2.05) is 23.8 Å². The highest BCUT2D eigenvalue weighted by Gasteiger charge is 2.28. The third kappa shape index (κ3) is 4.41. The summed E-state index contributed by atoms with van der Waals surface area (Å²) in [5.41, 5.74) is 1.87. The number of ether oxygens (including phenoxy) is 1. The van der Waals surface area contributed by atoms with Gasteiger partial charge in [0, 0.05) is 12.1 Å². The largest absolute Gasteiger partial charge is 0.468 e. The van der Waals surface area contributed by atoms with E-state index in [2.05, 4.69) is 15.0 Å². The summed E-state index contributed by atoms with van der Waals surface area (Å²) in [6.45, 7) is 0.661. The van der Waals surface area contributed by atoms with Crippen molar-refractivity contribution in [2.75, 3.05) is 11.9 Å². The second-order valence-corrected chi connectivity index (χ2v) is 4.99. The third-order valence-corrected chi connectivity index (χ3v) is 3.25. The lowest BCUT2D eigenvalue weighted by molar-refractivity contribution is -0.154. The Labute approximate surface area is 118 Å². The lowest BCUT2D eigenvalue weighted by Crippen LogP contribution is -2.19. The molecule has 0 radical (unpaired) electrons. The molecule has 2 heterocycles. The summed E-state index contributed by atoms with van der Waals surface area (Å²) in [5.74, 6) is -0.0453. The van der Waals surface area contributed by atoms with Crippen molar-refractivity contribution in [3.8, 4) is 5.88 Å². The molecule has 2 rings (SSSR count). The van der Waals surface area contributed by atoms with Crippen molar-refractivity contribution >= 4 is 17.0 Å². The molecule has 0 aliphatic heterocycles. The van der Waals surface area contributed by atoms with Crippen LogP contribution in [0.25, 0.3) is 0 Å². The first-order valence-corrected chi connectivity index (χ1v) is 6.82. The molecule has 0 fully saturated rings. The Hall–Kier alpha value is -1.76. The van der Waals surface area contributed by atoms with E-state index in [4.69, 9.17) is 0 Å². The molecule has 0 aliphatic rings. The summed E-state index contributed by atoms with van der Waals surface area (Å²) in [7, 11) is 0. The van der Waals surface area contributed by atoms with Gasteiger partial charge in [-0.05, 0) is 35.4 Å². The second kappa shape index (κ2) is 6.13. The van der Waals surface area contributed by atoms with Crippen LogP contribution in [0, 0.1) is 0 Å². The van der Waals surface area contributed by atoms with Gasteiger partial charge >= 0.3 is 6.18 Å². The van der Waals surface area contributed by atoms with Gasteiger partial charge in [-0.2, -0.15) is 24.5 Å². The second-order valence-electron chi connectivity index (χ2n) is 4.21. The number of rotatable bonds is 5. The normalized spacial score (nSPS) is 13.0. The Morgan fingerprint density at radius 2 is 2.15 bits per heavy atom. The van der Waals surface area contributed by atoms with Crippen LogP contribution in [0.1, 0.15) is 18.5 Å². The summed E-state index contributed by atoms with van der Waals surface area (Å²) in [4.78, 5) is 3.83. The average Bonchev–Trinajstić information content (AvgIpc) is 2.91. The van der Waals surface area contributed by atoms with Crippen molar-refractivity contribution in [2.45, 2.75) is 19.1 Å². The monoisotopic (exact) mass is 302 g/mol. The van der Waals surface area contributed by atoms with Crippen LogP contribution >= 0.6 is 11.3 Å². The van der Waals surface area contributed by atoms with Crippen LogP contribution in [-0.2, 0) is 0 Å². The zero-order chi connectivity index (χ0) is 14.6. The molecule has 2 aromatic heterocycles. The van der Waals surface area contributed by atoms with Gasteiger partial charge in [-0.25, -0.2) is 4.98 Å². The van der Waals surface area contributed by atoms with Gasteiger partial charge in [0.1, 0.15) is 0 Å². The first-order chi connectivity index (χ1) is 9.44. The van der Waals surface area contributed by atoms with Gasteiger partial charge in [-0.1, -0.05) is 0 Å². The predicted molar refractivity (Wildman–Crippen MR) is 72.1 cm³/mol. The number of nitrogens with zero attached hydrogens (tertiary/aromatic N) is 1. The Bertz CT molecular complexity index is 526. The summed E-state index contributed by atoms with van der Waals surface area (Å²) in [5, 5.41) is 7.23. The van der Waals surface area contributed by atoms with Gasteiger partial charge in [0.25, 0.3) is 0 Å². The Balaban J connectivity index is 1.91. The van der Waals surface area contributed by atoms with E-state index in [-0.39, 0.29) is 11.9 Å². The minimum Gasteiger partial charge on any atom is -0.468 e. The van der Waals surface area contributed by atoms with Crippen molar-refractivity contribution < 1.29 is 17.9 Å². The molecule has 0 bridgehead atoms. The van der Waals surface area contributed by atoms with Crippen molar-refractivity contribution in [1.82, 2.24) is 4.98 Å². The average molecular weight is 302 g/mol. The van der Waals surface area contributed by atoms with Crippen LogP contribution in [0.15, 0.2) is 35.2 Å². The highest BCUT2D eigenvalue weighted by atomic mass is 32.1. The van der Waals surface area contributed by atoms with Gasteiger partial charge in [-0.3, -0.25) is 0 Å². The molecule has 0 aromatic carbocycles. The van der Waals surface area contributed by atoms with E-state index in [0.29, 0.717) is 0 Å². The number of thiophene rings is 1. The van der Waals surface area contributed by atoms with E-state index in [0.717, 1.165) is 11.3 Å². The summed E-state index contributed by atoms with van der Waals surface area (Å²) >= 11 is 1.61. The zero-order valence-electron chi connectivity index (χ0n) is 10.6. The van der Waals surface area contributed by atoms with Crippen LogP contribution in [0.3, 0.4) is 0 Å². The van der Waals surface area contributed by atoms with Gasteiger partial charge in [0.15, 0.2) is 6.61 Å². The first-order valence-electron chi connectivity index (χ1n) is 5.88. The molecule has 2 aromatic rings. The van der Waals surface area contributed by atoms with E-state index >= 15 is 0 Å². The SMILES string of the molecule is CC(Nc1ccc(OCC(F)(F)F)nc1)c1ccsc1. The summed E-state index contributed by atoms with van der Waals surface area (Å²) in [6.07, 6.45) is -2.90. The molecule has 1 unspecified atom stereocenters. The molecule has 0 spiro atoms. The smallest absolute Gasteiger partial charge is 0.422 e. The van der Waals surface area contributed by atoms with E-state index in [9.17, 15) is 13.2 Å². The molecule has 3 nitrogen and oxygen atoms in total. The van der Waals surface area contributed by atoms with Gasteiger partial charge in [-0.15, -0.1) is 0 Å². The fourth-order valence-electron chi connectivity index (χ4n) is 1.56. The van der Waals surface area contributed by atoms with Crippen LogP contribution in [0.5, 0.6) is 5.88 Å². The fraction of sp³-hybridized carbons (Fsp3) is 0.308. The van der Waals surface area contributed by atoms with E-state index in [1.165, 1.54) is 12.3 Å². The number of alkyl halides is 3. The number of pyridine rings is 1. The van der Waals surface area contributed by atoms with Gasteiger partial charge in [0.05, 0.1) is 11.9 Å². The minimum absolute atomic E-state index is 0.0453. The number of aromatic nitrogens is 1. The molecule has 0 saturated carbocycles. The van der Waals surface area contributed by atoms with Crippen molar-refractivity contribution in [3.63, 3.8) is 0 Å².